The summed E-state index contributed by atoms with van der Waals surface area (Å²) in [4.78, 5) is 45.0. The van der Waals surface area contributed by atoms with Gasteiger partial charge in [-0.1, -0.05) is 42.5 Å². The maximum Gasteiger partial charge on any atom is 0.252 e. The molecule has 0 bridgehead atoms. The second kappa shape index (κ2) is 10.0. The van der Waals surface area contributed by atoms with Crippen molar-refractivity contribution in [2.75, 3.05) is 0 Å². The van der Waals surface area contributed by atoms with Crippen molar-refractivity contribution in [3.05, 3.63) is 89.5 Å². The molecule has 0 aliphatic carbocycles. The number of nitrogens with zero attached hydrogens (tertiary/aromatic N) is 1. The van der Waals surface area contributed by atoms with Gasteiger partial charge >= 0.3 is 0 Å². The molecule has 3 amide bonds. The molecular weight excluding hydrogens is 410 g/mol. The molecule has 0 spiro atoms. The summed E-state index contributed by atoms with van der Waals surface area (Å²) in [6.07, 6.45) is 3.00. The summed E-state index contributed by atoms with van der Waals surface area (Å²) < 4.78 is 8.47. The summed E-state index contributed by atoms with van der Waals surface area (Å²) in [5.74, 6) is -2.55. The lowest BCUT2D eigenvalue weighted by Crippen LogP contribution is -2.50. The Balaban J connectivity index is 1.90. The Labute approximate surface area is 185 Å². The minimum atomic E-state index is -1.37. The number of hydrogen-bond donors (Lipinski definition) is 6. The first-order chi connectivity index (χ1) is 15.8. The van der Waals surface area contributed by atoms with Gasteiger partial charge in [-0.3, -0.25) is 19.8 Å². The monoisotopic (exact) mass is 434 g/mol. The molecule has 0 saturated carbocycles. The Morgan fingerprint density at radius 2 is 1.81 bits per heavy atom. The van der Waals surface area contributed by atoms with Crippen LogP contribution in [-0.4, -0.2) is 39.6 Å². The van der Waals surface area contributed by atoms with Crippen molar-refractivity contribution in [2.24, 2.45) is 11.5 Å². The van der Waals surface area contributed by atoms with Gasteiger partial charge in [0.2, 0.25) is 11.8 Å². The van der Waals surface area contributed by atoms with E-state index in [2.05, 4.69) is 15.3 Å². The number of amides is 3. The molecule has 3 rings (SSSR count). The quantitative estimate of drug-likeness (QED) is 0.210. The summed E-state index contributed by atoms with van der Waals surface area (Å²) >= 11 is 0. The standard InChI is InChI=1S/C22H23N7O3/c23-19(24)14-7-4-8-15(9-14)21(31)29-18(13-5-2-1-3-6-13)22(32)28-17(20(25)30)10-16-11-26-12-27-16/h1-9,11-12,17-18H,10H2,(H3,23,24)(H2,25,30)(H,26,27)(H,28,32)(H,29,31)/t17-,18+/m0/s1/i/hD. The van der Waals surface area contributed by atoms with Crippen LogP contribution in [0.4, 0.5) is 0 Å². The highest BCUT2D eigenvalue weighted by Crippen LogP contribution is 2.15. The SMILES string of the molecule is [2H]N(C(=O)c1cccc(C(=N)N)c1)[C@@H](C(=O)N[C@@H](Cc1cnc[nH]1)C(N)=O)c1ccccc1. The smallest absolute Gasteiger partial charge is 0.252 e. The molecular formula is C22H23N7O3. The Bertz CT molecular complexity index is 1150. The zero-order valence-corrected chi connectivity index (χ0v) is 17.0. The number of aromatic amines is 1. The fraction of sp³-hybridized carbons (Fsp3) is 0.136. The summed E-state index contributed by atoms with van der Waals surface area (Å²) in [6, 6.07) is 11.7. The average molecular weight is 434 g/mol. The van der Waals surface area contributed by atoms with Gasteiger partial charge in [0.15, 0.2) is 1.41 Å². The highest BCUT2D eigenvalue weighted by Gasteiger charge is 2.27. The van der Waals surface area contributed by atoms with E-state index in [9.17, 15) is 14.4 Å². The maximum atomic E-state index is 13.2. The van der Waals surface area contributed by atoms with E-state index < -0.39 is 29.8 Å². The van der Waals surface area contributed by atoms with Crippen LogP contribution in [0.15, 0.2) is 67.1 Å². The van der Waals surface area contributed by atoms with Gasteiger partial charge in [-0.05, 0) is 17.7 Å². The molecule has 2 aromatic carbocycles. The van der Waals surface area contributed by atoms with Gasteiger partial charge in [0, 0.05) is 29.4 Å². The number of nitrogens with one attached hydrogen (secondary N) is 4. The lowest BCUT2D eigenvalue weighted by Gasteiger charge is -2.22. The third-order valence-electron chi connectivity index (χ3n) is 4.67. The van der Waals surface area contributed by atoms with Gasteiger partial charge in [0.25, 0.3) is 5.91 Å². The fourth-order valence-electron chi connectivity index (χ4n) is 3.02. The summed E-state index contributed by atoms with van der Waals surface area (Å²) in [5, 5.41) is 10.6. The fourth-order valence-corrected chi connectivity index (χ4v) is 3.02. The number of carbonyl (C=O) groups is 3. The van der Waals surface area contributed by atoms with Gasteiger partial charge in [0.05, 0.1) is 6.33 Å². The summed E-state index contributed by atoms with van der Waals surface area (Å²) in [5.41, 5.74) is 12.3. The van der Waals surface area contributed by atoms with E-state index in [1.54, 1.807) is 36.4 Å². The molecule has 10 nitrogen and oxygen atoms in total. The number of nitrogens with two attached hydrogens (primary N) is 2. The minimum absolute atomic E-state index is 0.0647. The number of hydrogen-bond acceptors (Lipinski definition) is 5. The van der Waals surface area contributed by atoms with Crippen LogP contribution in [-0.2, 0) is 16.0 Å². The van der Waals surface area contributed by atoms with Crippen molar-refractivity contribution in [3.8, 4) is 0 Å². The first-order valence-corrected chi connectivity index (χ1v) is 9.66. The molecule has 1 aromatic heterocycles. The van der Waals surface area contributed by atoms with Gasteiger partial charge in [-0.15, -0.1) is 0 Å². The average Bonchev–Trinajstić information content (AvgIpc) is 3.32. The number of carbonyl (C=O) groups excluding carboxylic acids is 3. The molecule has 0 aliphatic heterocycles. The predicted molar refractivity (Wildman–Crippen MR) is 118 cm³/mol. The minimum Gasteiger partial charge on any atom is -0.384 e. The Morgan fingerprint density at radius 1 is 1.09 bits per heavy atom. The topological polar surface area (TPSA) is 180 Å². The number of primary amides is 1. The van der Waals surface area contributed by atoms with Gasteiger partial charge < -0.3 is 27.1 Å². The van der Waals surface area contributed by atoms with Crippen LogP contribution >= 0.6 is 0 Å². The van der Waals surface area contributed by atoms with Crippen LogP contribution in [0.5, 0.6) is 0 Å². The van der Waals surface area contributed by atoms with Crippen molar-refractivity contribution in [1.82, 2.24) is 20.6 Å². The van der Waals surface area contributed by atoms with Crippen LogP contribution in [0.3, 0.4) is 0 Å². The molecule has 8 N–H and O–H groups in total. The Hall–Kier alpha value is -4.47. The first-order valence-electron chi connectivity index (χ1n) is 10.1. The van der Waals surface area contributed by atoms with Crippen molar-refractivity contribution in [2.45, 2.75) is 18.5 Å². The molecule has 32 heavy (non-hydrogen) atoms. The summed E-state index contributed by atoms with van der Waals surface area (Å²) in [7, 11) is 0. The van der Waals surface area contributed by atoms with E-state index in [1.165, 1.54) is 30.7 Å². The highest BCUT2D eigenvalue weighted by molar-refractivity contribution is 6.01. The van der Waals surface area contributed by atoms with Crippen molar-refractivity contribution >= 4 is 23.6 Å². The van der Waals surface area contributed by atoms with Crippen molar-refractivity contribution in [3.63, 3.8) is 0 Å². The van der Waals surface area contributed by atoms with Gasteiger partial charge in [-0.25, -0.2) is 4.98 Å². The predicted octanol–water partition coefficient (Wildman–Crippen LogP) is 0.378. The van der Waals surface area contributed by atoms with Gasteiger partial charge in [-0.2, -0.15) is 0 Å². The maximum absolute atomic E-state index is 13.2. The molecule has 0 unspecified atom stereocenters. The van der Waals surface area contributed by atoms with E-state index in [4.69, 9.17) is 18.3 Å². The molecule has 0 saturated heterocycles. The number of amidine groups is 1. The van der Waals surface area contributed by atoms with E-state index >= 15 is 0 Å². The molecule has 164 valence electrons. The van der Waals surface area contributed by atoms with Crippen LogP contribution in [0, 0.1) is 5.41 Å². The van der Waals surface area contributed by atoms with E-state index in [0.717, 1.165) is 0 Å². The van der Waals surface area contributed by atoms with Crippen LogP contribution in [0.2, 0.25) is 1.41 Å². The molecule has 1 heterocycles. The molecule has 0 aliphatic rings. The number of aromatic nitrogens is 2. The van der Waals surface area contributed by atoms with E-state index in [-0.39, 0.29) is 17.8 Å². The highest BCUT2D eigenvalue weighted by atomic mass is 16.2. The third kappa shape index (κ3) is 5.57. The normalized spacial score (nSPS) is 12.8. The molecule has 2 atom stereocenters. The Morgan fingerprint density at radius 3 is 2.44 bits per heavy atom. The van der Waals surface area contributed by atoms with E-state index in [0.29, 0.717) is 22.1 Å². The number of nitrogen functional groups attached to an aromatic ring is 1. The zero-order chi connectivity index (χ0) is 24.0. The van der Waals surface area contributed by atoms with Crippen molar-refractivity contribution < 1.29 is 15.8 Å². The van der Waals surface area contributed by atoms with Crippen LogP contribution in [0.25, 0.3) is 0 Å². The molecule has 10 heteroatoms. The largest absolute Gasteiger partial charge is 0.384 e. The zero-order valence-electron chi connectivity index (χ0n) is 18.0. The van der Waals surface area contributed by atoms with Crippen LogP contribution < -0.4 is 22.1 Å². The number of H-pyrrole nitrogens is 1. The second-order valence-corrected chi connectivity index (χ2v) is 6.99. The molecule has 3 aromatic rings. The summed E-state index contributed by atoms with van der Waals surface area (Å²) in [6.45, 7) is 0. The lowest BCUT2D eigenvalue weighted by atomic mass is 10.0. The van der Waals surface area contributed by atoms with Gasteiger partial charge in [0.1, 0.15) is 17.9 Å². The first kappa shape index (κ1) is 20.8. The van der Waals surface area contributed by atoms with Crippen LogP contribution in [0.1, 0.15) is 33.2 Å². The number of rotatable bonds is 9. The Kier molecular flexibility index (Phi) is 6.51. The second-order valence-electron chi connectivity index (χ2n) is 6.99. The molecule has 0 fully saturated rings. The third-order valence-corrected chi connectivity index (χ3v) is 4.67. The lowest BCUT2D eigenvalue weighted by molar-refractivity contribution is -0.128. The van der Waals surface area contributed by atoms with Crippen molar-refractivity contribution in [1.29, 1.82) is 5.41 Å². The molecule has 0 radical (unpaired) electrons. The number of benzene rings is 2. The number of imidazole rings is 1. The van der Waals surface area contributed by atoms with E-state index in [1.807, 2.05) is 0 Å².